The van der Waals surface area contributed by atoms with Gasteiger partial charge >= 0.3 is 107 Å². The van der Waals surface area contributed by atoms with Crippen LogP contribution in [0.25, 0.3) is 0 Å². The lowest BCUT2D eigenvalue weighted by Gasteiger charge is -2.47. The average molecular weight is 1140 g/mol. The Bertz CT molecular complexity index is 2180. The van der Waals surface area contributed by atoms with Crippen molar-refractivity contribution in [1.29, 1.82) is 0 Å². The number of isocyanates is 1. The molecule has 41 heteroatoms. The van der Waals surface area contributed by atoms with E-state index < -0.39 is 136 Å². The minimum atomic E-state index is -10.5. The smallest absolute Gasteiger partial charge is 0.349 e. The highest BCUT2D eigenvalue weighted by atomic mass is 19.4. The zero-order valence-electron chi connectivity index (χ0n) is 32.3. The molecule has 0 saturated heterocycles. The Hall–Kier alpha value is -4.52. The summed E-state index contributed by atoms with van der Waals surface area (Å²) in [6, 6.07) is -0.542. The van der Waals surface area contributed by atoms with Gasteiger partial charge in [-0.05, 0) is 26.0 Å². The molecule has 1 aromatic carbocycles. The van der Waals surface area contributed by atoms with Crippen LogP contribution in [0, 0.1) is 6.92 Å². The second-order valence-corrected chi connectivity index (χ2v) is 14.2. The Morgan fingerprint density at radius 2 is 0.676 bits per heavy atom. The van der Waals surface area contributed by atoms with Crippen molar-refractivity contribution < 1.29 is 172 Å². The molecule has 0 fully saturated rings. The Morgan fingerprint density at radius 1 is 0.437 bits per heavy atom. The molecule has 1 atom stereocenters. The van der Waals surface area contributed by atoms with Gasteiger partial charge in [0.15, 0.2) is 0 Å². The van der Waals surface area contributed by atoms with Crippen molar-refractivity contribution in [2.45, 2.75) is 133 Å². The first kappa shape index (κ1) is 64.5. The van der Waals surface area contributed by atoms with Gasteiger partial charge in [-0.2, -0.15) is 167 Å². The Morgan fingerprint density at radius 3 is 0.915 bits per heavy atom. The molecule has 1 unspecified atom stereocenters. The van der Waals surface area contributed by atoms with Gasteiger partial charge in [0, 0.05) is 12.5 Å². The van der Waals surface area contributed by atoms with Crippen LogP contribution < -0.4 is 5.32 Å². The van der Waals surface area contributed by atoms with Crippen LogP contribution in [0.15, 0.2) is 23.2 Å². The summed E-state index contributed by atoms with van der Waals surface area (Å²) in [5.74, 6) is -169. The Kier molecular flexibility index (Phi) is 15.7. The largest absolute Gasteiger partial charge is 0.460 e. The fourth-order valence-electron chi connectivity index (χ4n) is 5.01. The summed E-state index contributed by atoms with van der Waals surface area (Å²) >= 11 is 0. The number of carbonyl (C=O) groups excluding carboxylic acids is 2. The Balaban J connectivity index is 3.97. The number of benzene rings is 1. The fourth-order valence-corrected chi connectivity index (χ4v) is 5.01. The zero-order chi connectivity index (χ0) is 57.8. The third-order valence-corrected chi connectivity index (χ3v) is 9.23. The Labute approximate surface area is 363 Å². The molecular formula is C30H13F37N2O2. The second kappa shape index (κ2) is 17.3. The SMILES string of the molecule is Cc1ccc(N=C=O)c(C(=O)NC(C)CC(F)(F)C(F)(F)C(F)(F)C(F)(F)C(F)(F)C(F)(F)C(F)(F)C(F)(F)C(F)(F)C(F)(F)C(F)(F)C(F)(F)C(F)(F)C(F)(F)C(F)(F)C(F)(F)C(F)(F)C(F)(F)F)c1. The number of halogens is 37. The summed E-state index contributed by atoms with van der Waals surface area (Å²) in [6.07, 6.45) is -11.1. The van der Waals surface area contributed by atoms with E-state index in [9.17, 15) is 172 Å². The van der Waals surface area contributed by atoms with Gasteiger partial charge in [0.25, 0.3) is 5.91 Å². The van der Waals surface area contributed by atoms with Crippen LogP contribution in [0.3, 0.4) is 0 Å². The number of aliphatic imine (C=N–C) groups is 1. The van der Waals surface area contributed by atoms with Crippen LogP contribution in [0.5, 0.6) is 0 Å². The molecule has 0 aliphatic rings. The summed E-state index contributed by atoms with van der Waals surface area (Å²) in [7, 11) is 0. The molecule has 1 N–H and O–H groups in total. The molecule has 0 heterocycles. The van der Waals surface area contributed by atoms with E-state index in [-0.39, 0.29) is 12.5 Å². The number of hydrogen-bond donors (Lipinski definition) is 1. The van der Waals surface area contributed by atoms with E-state index in [1.54, 1.807) is 0 Å². The van der Waals surface area contributed by atoms with Crippen molar-refractivity contribution in [3.63, 3.8) is 0 Å². The lowest BCUT2D eigenvalue weighted by Crippen LogP contribution is -2.80. The highest BCUT2D eigenvalue weighted by molar-refractivity contribution is 5.99. The van der Waals surface area contributed by atoms with Crippen LogP contribution in [0.2, 0.25) is 0 Å². The summed E-state index contributed by atoms with van der Waals surface area (Å²) in [5, 5.41) is 1.15. The summed E-state index contributed by atoms with van der Waals surface area (Å²) < 4.78 is 514. The molecule has 414 valence electrons. The summed E-state index contributed by atoms with van der Waals surface area (Å²) in [4.78, 5) is 25.8. The number of hydrogen-bond acceptors (Lipinski definition) is 3. The van der Waals surface area contributed by atoms with Gasteiger partial charge in [0.05, 0.1) is 11.3 Å². The summed E-state index contributed by atoms with van der Waals surface area (Å²) in [5.41, 5.74) is -1.78. The minimum absolute atomic E-state index is 0.0273. The number of nitrogens with zero attached hydrogens (tertiary/aromatic N) is 1. The van der Waals surface area contributed by atoms with Crippen molar-refractivity contribution in [1.82, 2.24) is 5.32 Å². The first-order chi connectivity index (χ1) is 30.5. The predicted octanol–water partition coefficient (Wildman–Crippen LogP) is 13.8. The fraction of sp³-hybridized carbons (Fsp3) is 0.733. The van der Waals surface area contributed by atoms with Crippen molar-refractivity contribution in [2.75, 3.05) is 0 Å². The topological polar surface area (TPSA) is 58.5 Å². The van der Waals surface area contributed by atoms with Crippen molar-refractivity contribution in [3.8, 4) is 0 Å². The van der Waals surface area contributed by atoms with E-state index in [1.807, 2.05) is 0 Å². The minimum Gasteiger partial charge on any atom is -0.349 e. The molecule has 1 rings (SSSR count). The first-order valence-electron chi connectivity index (χ1n) is 16.5. The van der Waals surface area contributed by atoms with Gasteiger partial charge in [-0.1, -0.05) is 11.6 Å². The number of amides is 1. The number of rotatable bonds is 21. The van der Waals surface area contributed by atoms with Crippen LogP contribution >= 0.6 is 0 Å². The molecule has 0 radical (unpaired) electrons. The molecule has 0 aliphatic heterocycles. The first-order valence-corrected chi connectivity index (χ1v) is 16.5. The van der Waals surface area contributed by atoms with E-state index in [1.165, 1.54) is 0 Å². The lowest BCUT2D eigenvalue weighted by atomic mass is 9.82. The molecular weight excluding hydrogens is 1120 g/mol. The second-order valence-electron chi connectivity index (χ2n) is 14.2. The summed E-state index contributed by atoms with van der Waals surface area (Å²) in [6.45, 7) is 1.08. The molecule has 0 bridgehead atoms. The molecule has 71 heavy (non-hydrogen) atoms. The van der Waals surface area contributed by atoms with Gasteiger partial charge in [-0.3, -0.25) is 4.79 Å². The maximum Gasteiger partial charge on any atom is 0.460 e. The van der Waals surface area contributed by atoms with E-state index in [0.717, 1.165) is 30.5 Å². The van der Waals surface area contributed by atoms with Crippen LogP contribution in [0.1, 0.15) is 29.3 Å². The van der Waals surface area contributed by atoms with Crippen LogP contribution in [-0.4, -0.2) is 125 Å². The average Bonchev–Trinajstić information content (AvgIpc) is 3.16. The zero-order valence-corrected chi connectivity index (χ0v) is 32.3. The van der Waals surface area contributed by atoms with E-state index in [0.29, 0.717) is 6.07 Å². The molecule has 1 aromatic rings. The number of alkyl halides is 37. The normalized spacial score (nSPS) is 16.4. The highest BCUT2D eigenvalue weighted by Crippen LogP contribution is 2.70. The van der Waals surface area contributed by atoms with E-state index in [4.69, 9.17) is 0 Å². The van der Waals surface area contributed by atoms with Gasteiger partial charge in [-0.25, -0.2) is 4.79 Å². The van der Waals surface area contributed by atoms with Crippen LogP contribution in [0.4, 0.5) is 168 Å². The molecule has 0 saturated carbocycles. The molecule has 0 aromatic heterocycles. The number of aryl methyl sites for hydroxylation is 1. The highest BCUT2D eigenvalue weighted by Gasteiger charge is 3.02. The van der Waals surface area contributed by atoms with Gasteiger partial charge in [-0.15, -0.1) is 0 Å². The monoisotopic (exact) mass is 1140 g/mol. The predicted molar refractivity (Wildman–Crippen MR) is 151 cm³/mol. The lowest BCUT2D eigenvalue weighted by molar-refractivity contribution is -0.493. The van der Waals surface area contributed by atoms with E-state index in [2.05, 4.69) is 4.99 Å². The molecule has 4 nitrogen and oxygen atoms in total. The van der Waals surface area contributed by atoms with Gasteiger partial charge in [0.2, 0.25) is 6.08 Å². The maximum absolute atomic E-state index is 14.5. The number of carbonyl (C=O) groups is 1. The molecule has 0 aliphatic carbocycles. The van der Waals surface area contributed by atoms with Crippen molar-refractivity contribution in [3.05, 3.63) is 29.3 Å². The van der Waals surface area contributed by atoms with Crippen molar-refractivity contribution >= 4 is 17.7 Å². The number of nitrogens with one attached hydrogen (secondary N) is 1. The van der Waals surface area contributed by atoms with E-state index >= 15 is 0 Å². The third-order valence-electron chi connectivity index (χ3n) is 9.23. The maximum atomic E-state index is 14.5. The molecule has 1 amide bonds. The third kappa shape index (κ3) is 8.38. The van der Waals surface area contributed by atoms with Gasteiger partial charge in [0.1, 0.15) is 0 Å². The molecule has 0 spiro atoms. The quantitative estimate of drug-likeness (QED) is 0.0758. The van der Waals surface area contributed by atoms with Crippen molar-refractivity contribution in [2.24, 2.45) is 4.99 Å². The van der Waals surface area contributed by atoms with Gasteiger partial charge < -0.3 is 5.32 Å². The van der Waals surface area contributed by atoms with Crippen LogP contribution in [-0.2, 0) is 4.79 Å². The standard InChI is InChI=1S/C30H13F37N2O2/c1-8-3-4-11(68-7-70)10(5-8)12(71)69-9(2)6-13(31,32)14(33,34)15(35,36)16(37,38)17(39,40)18(41,42)19(43,44)20(45,46)21(47,48)22(49,50)23(51,52)24(53,54)25(55,56)26(57,58)27(59,60)28(61,62)29(63,64)30(65,66)67/h3-5,9H,6H2,1-2H3,(H,69,71).